The lowest BCUT2D eigenvalue weighted by atomic mass is 10.2. The SMILES string of the molecule is COCCN(CCO)C(=O)/C=C/c1c(Cl)cccc1Cl. The van der Waals surface area contributed by atoms with Crippen molar-refractivity contribution in [1.29, 1.82) is 0 Å². The zero-order valence-corrected chi connectivity index (χ0v) is 12.7. The number of aliphatic hydroxyl groups excluding tert-OH is 1. The van der Waals surface area contributed by atoms with Gasteiger partial charge in [0.15, 0.2) is 0 Å². The van der Waals surface area contributed by atoms with E-state index >= 15 is 0 Å². The topological polar surface area (TPSA) is 49.8 Å². The molecule has 0 fully saturated rings. The molecule has 0 spiro atoms. The van der Waals surface area contributed by atoms with Gasteiger partial charge in [-0.1, -0.05) is 29.3 Å². The van der Waals surface area contributed by atoms with Crippen LogP contribution in [0.25, 0.3) is 6.08 Å². The highest BCUT2D eigenvalue weighted by Gasteiger charge is 2.10. The quantitative estimate of drug-likeness (QED) is 0.786. The third-order valence-electron chi connectivity index (χ3n) is 2.64. The highest BCUT2D eigenvalue weighted by molar-refractivity contribution is 6.37. The minimum absolute atomic E-state index is 0.101. The molecule has 0 saturated heterocycles. The van der Waals surface area contributed by atoms with Gasteiger partial charge in [0.05, 0.1) is 13.2 Å². The molecule has 0 unspecified atom stereocenters. The number of halogens is 2. The second kappa shape index (κ2) is 8.97. The molecule has 1 aromatic carbocycles. The molecule has 110 valence electrons. The zero-order chi connectivity index (χ0) is 15.0. The maximum absolute atomic E-state index is 12.0. The van der Waals surface area contributed by atoms with Crippen molar-refractivity contribution in [2.45, 2.75) is 0 Å². The molecular weight excluding hydrogens is 301 g/mol. The second-order valence-electron chi connectivity index (χ2n) is 4.01. The molecule has 0 heterocycles. The maximum Gasteiger partial charge on any atom is 0.246 e. The first-order valence-electron chi connectivity index (χ1n) is 6.11. The molecule has 0 radical (unpaired) electrons. The molecule has 20 heavy (non-hydrogen) atoms. The van der Waals surface area contributed by atoms with Crippen LogP contribution in [0.15, 0.2) is 24.3 Å². The van der Waals surface area contributed by atoms with E-state index in [2.05, 4.69) is 0 Å². The van der Waals surface area contributed by atoms with Gasteiger partial charge in [0.1, 0.15) is 0 Å². The lowest BCUT2D eigenvalue weighted by molar-refractivity contribution is -0.127. The van der Waals surface area contributed by atoms with Crippen molar-refractivity contribution >= 4 is 35.2 Å². The summed E-state index contributed by atoms with van der Waals surface area (Å²) in [6.45, 7) is 0.974. The van der Waals surface area contributed by atoms with Crippen molar-refractivity contribution in [3.63, 3.8) is 0 Å². The number of methoxy groups -OCH3 is 1. The number of rotatable bonds is 7. The molecule has 0 aliphatic rings. The summed E-state index contributed by atoms with van der Waals surface area (Å²) in [4.78, 5) is 13.5. The first-order valence-corrected chi connectivity index (χ1v) is 6.86. The van der Waals surface area contributed by atoms with E-state index in [4.69, 9.17) is 33.0 Å². The maximum atomic E-state index is 12.0. The van der Waals surface area contributed by atoms with Gasteiger partial charge < -0.3 is 14.7 Å². The Bertz CT molecular complexity index is 457. The van der Waals surface area contributed by atoms with Crippen LogP contribution in [-0.2, 0) is 9.53 Å². The molecule has 4 nitrogen and oxygen atoms in total. The van der Waals surface area contributed by atoms with Gasteiger partial charge in [-0.05, 0) is 18.2 Å². The van der Waals surface area contributed by atoms with Crippen molar-refractivity contribution in [1.82, 2.24) is 4.90 Å². The fraction of sp³-hybridized carbons (Fsp3) is 0.357. The summed E-state index contributed by atoms with van der Waals surface area (Å²) in [5.74, 6) is -0.230. The molecule has 6 heteroatoms. The first kappa shape index (κ1) is 17.0. The van der Waals surface area contributed by atoms with Gasteiger partial charge in [-0.2, -0.15) is 0 Å². The Morgan fingerprint density at radius 2 is 2.00 bits per heavy atom. The minimum atomic E-state index is -0.230. The Morgan fingerprint density at radius 3 is 2.55 bits per heavy atom. The molecule has 0 bridgehead atoms. The lowest BCUT2D eigenvalue weighted by Crippen LogP contribution is -2.34. The average Bonchev–Trinajstić information content (AvgIpc) is 2.42. The summed E-state index contributed by atoms with van der Waals surface area (Å²) in [7, 11) is 1.56. The van der Waals surface area contributed by atoms with Gasteiger partial charge in [0.25, 0.3) is 0 Å². The predicted molar refractivity (Wildman–Crippen MR) is 81.0 cm³/mol. The van der Waals surface area contributed by atoms with Crippen LogP contribution >= 0.6 is 23.2 Å². The average molecular weight is 318 g/mol. The van der Waals surface area contributed by atoms with Crippen LogP contribution in [0.5, 0.6) is 0 Å². The van der Waals surface area contributed by atoms with Crippen molar-refractivity contribution in [3.05, 3.63) is 39.9 Å². The molecule has 1 rings (SSSR count). The molecule has 1 aromatic rings. The normalized spacial score (nSPS) is 11.0. The summed E-state index contributed by atoms with van der Waals surface area (Å²) in [5.41, 5.74) is 0.597. The molecular formula is C14H17Cl2NO3. The fourth-order valence-corrected chi connectivity index (χ4v) is 2.11. The number of carbonyl (C=O) groups is 1. The van der Waals surface area contributed by atoms with Gasteiger partial charge in [0.2, 0.25) is 5.91 Å². The highest BCUT2D eigenvalue weighted by atomic mass is 35.5. The Labute approximate surface area is 128 Å². The number of aliphatic hydroxyl groups is 1. The second-order valence-corrected chi connectivity index (χ2v) is 4.82. The van der Waals surface area contributed by atoms with Crippen LogP contribution in [-0.4, -0.2) is 49.3 Å². The molecule has 0 atom stereocenters. The van der Waals surface area contributed by atoms with E-state index in [9.17, 15) is 4.79 Å². The molecule has 0 aliphatic heterocycles. The largest absolute Gasteiger partial charge is 0.395 e. The first-order chi connectivity index (χ1) is 9.60. The molecule has 0 saturated carbocycles. The van der Waals surface area contributed by atoms with Crippen LogP contribution in [0, 0.1) is 0 Å². The van der Waals surface area contributed by atoms with Gasteiger partial charge in [0, 0.05) is 41.9 Å². The summed E-state index contributed by atoms with van der Waals surface area (Å²) in [6, 6.07) is 5.14. The number of carbonyl (C=O) groups excluding carboxylic acids is 1. The van der Waals surface area contributed by atoms with Crippen molar-refractivity contribution in [3.8, 4) is 0 Å². The van der Waals surface area contributed by atoms with E-state index in [1.807, 2.05) is 0 Å². The van der Waals surface area contributed by atoms with Crippen LogP contribution in [0.1, 0.15) is 5.56 Å². The van der Waals surface area contributed by atoms with E-state index in [0.717, 1.165) is 0 Å². The number of ether oxygens (including phenoxy) is 1. The van der Waals surface area contributed by atoms with Crippen LogP contribution in [0.2, 0.25) is 10.0 Å². The molecule has 1 amide bonds. The monoisotopic (exact) mass is 317 g/mol. The number of hydrogen-bond acceptors (Lipinski definition) is 3. The number of benzene rings is 1. The smallest absolute Gasteiger partial charge is 0.246 e. The third-order valence-corrected chi connectivity index (χ3v) is 3.30. The standard InChI is InChI=1S/C14H17Cl2NO3/c1-20-10-8-17(7-9-18)14(19)6-5-11-12(15)3-2-4-13(11)16/h2-6,18H,7-10H2,1H3/b6-5+. The fourth-order valence-electron chi connectivity index (χ4n) is 1.58. The summed E-state index contributed by atoms with van der Waals surface area (Å²) in [5, 5.41) is 9.92. The number of hydrogen-bond donors (Lipinski definition) is 1. The van der Waals surface area contributed by atoms with Gasteiger partial charge in [-0.25, -0.2) is 0 Å². The van der Waals surface area contributed by atoms with E-state index < -0.39 is 0 Å². The molecule has 0 aromatic heterocycles. The Balaban J connectivity index is 2.78. The van der Waals surface area contributed by atoms with Crippen molar-refractivity contribution < 1.29 is 14.6 Å². The van der Waals surface area contributed by atoms with Crippen LogP contribution < -0.4 is 0 Å². The van der Waals surface area contributed by atoms with Gasteiger partial charge in [-0.15, -0.1) is 0 Å². The zero-order valence-electron chi connectivity index (χ0n) is 11.2. The summed E-state index contributed by atoms with van der Waals surface area (Å²) < 4.78 is 4.93. The summed E-state index contributed by atoms with van der Waals surface area (Å²) >= 11 is 12.0. The van der Waals surface area contributed by atoms with E-state index in [1.54, 1.807) is 31.4 Å². The van der Waals surface area contributed by atoms with E-state index in [0.29, 0.717) is 28.8 Å². The highest BCUT2D eigenvalue weighted by Crippen LogP contribution is 2.25. The summed E-state index contributed by atoms with van der Waals surface area (Å²) in [6.07, 6.45) is 2.96. The third kappa shape index (κ3) is 5.13. The Hall–Kier alpha value is -1.07. The lowest BCUT2D eigenvalue weighted by Gasteiger charge is -2.19. The molecule has 0 aliphatic carbocycles. The van der Waals surface area contributed by atoms with Gasteiger partial charge >= 0.3 is 0 Å². The Morgan fingerprint density at radius 1 is 1.35 bits per heavy atom. The Kier molecular flexibility index (Phi) is 7.62. The van der Waals surface area contributed by atoms with Crippen molar-refractivity contribution in [2.75, 3.05) is 33.4 Å². The van der Waals surface area contributed by atoms with E-state index in [1.165, 1.54) is 11.0 Å². The van der Waals surface area contributed by atoms with Crippen LogP contribution in [0.3, 0.4) is 0 Å². The van der Waals surface area contributed by atoms with E-state index in [-0.39, 0.29) is 19.1 Å². The van der Waals surface area contributed by atoms with Crippen molar-refractivity contribution in [2.24, 2.45) is 0 Å². The van der Waals surface area contributed by atoms with Gasteiger partial charge in [-0.3, -0.25) is 4.79 Å². The number of nitrogens with zero attached hydrogens (tertiary/aromatic N) is 1. The van der Waals surface area contributed by atoms with Crippen LogP contribution in [0.4, 0.5) is 0 Å². The molecule has 1 N–H and O–H groups in total. The predicted octanol–water partition coefficient (Wildman–Crippen LogP) is 2.47. The number of amides is 1. The minimum Gasteiger partial charge on any atom is -0.395 e.